The van der Waals surface area contributed by atoms with E-state index in [1.807, 2.05) is 24.3 Å². The molecule has 1 aliphatic rings. The SMILES string of the molecule is N#CC1(c2c(Cl)ccc3cccnc23)CCC1. The highest BCUT2D eigenvalue weighted by Crippen LogP contribution is 2.47. The number of halogens is 1. The molecule has 84 valence electrons. The number of nitriles is 1. The molecule has 0 radical (unpaired) electrons. The predicted octanol–water partition coefficient (Wildman–Crippen LogP) is 3.83. The minimum atomic E-state index is -0.412. The molecule has 1 fully saturated rings. The summed E-state index contributed by atoms with van der Waals surface area (Å²) in [5, 5.41) is 11.2. The largest absolute Gasteiger partial charge is 0.256 e. The molecule has 0 spiro atoms. The van der Waals surface area contributed by atoms with Gasteiger partial charge in [-0.2, -0.15) is 5.26 Å². The average Bonchev–Trinajstić information content (AvgIpc) is 2.31. The van der Waals surface area contributed by atoms with Gasteiger partial charge in [0.15, 0.2) is 0 Å². The molecule has 0 atom stereocenters. The molecule has 0 amide bonds. The van der Waals surface area contributed by atoms with Crippen LogP contribution in [0.3, 0.4) is 0 Å². The summed E-state index contributed by atoms with van der Waals surface area (Å²) in [5.74, 6) is 0. The summed E-state index contributed by atoms with van der Waals surface area (Å²) in [6.45, 7) is 0. The standard InChI is InChI=1S/C14H11ClN2/c15-11-5-4-10-3-1-8-17-13(10)12(11)14(9-16)6-2-7-14/h1,3-5,8H,2,6-7H2. The predicted molar refractivity (Wildman–Crippen MR) is 67.9 cm³/mol. The van der Waals surface area contributed by atoms with Crippen molar-refractivity contribution in [1.29, 1.82) is 5.26 Å². The second-order valence-electron chi connectivity index (χ2n) is 4.54. The van der Waals surface area contributed by atoms with Gasteiger partial charge in [0.2, 0.25) is 0 Å². The Morgan fingerprint density at radius 3 is 2.76 bits per heavy atom. The monoisotopic (exact) mass is 242 g/mol. The smallest absolute Gasteiger partial charge is 0.0858 e. The second-order valence-corrected chi connectivity index (χ2v) is 4.95. The maximum Gasteiger partial charge on any atom is 0.0858 e. The Morgan fingerprint density at radius 2 is 2.12 bits per heavy atom. The molecule has 1 aromatic heterocycles. The van der Waals surface area contributed by atoms with Gasteiger partial charge in [-0.1, -0.05) is 23.7 Å². The molecule has 2 aromatic rings. The quantitative estimate of drug-likeness (QED) is 0.762. The van der Waals surface area contributed by atoms with Crippen LogP contribution in [0.5, 0.6) is 0 Å². The fourth-order valence-electron chi connectivity index (χ4n) is 2.52. The van der Waals surface area contributed by atoms with E-state index in [1.54, 1.807) is 6.20 Å². The minimum absolute atomic E-state index is 0.412. The summed E-state index contributed by atoms with van der Waals surface area (Å²) in [5.41, 5.74) is 1.39. The normalized spacial score (nSPS) is 17.4. The van der Waals surface area contributed by atoms with Crippen molar-refractivity contribution in [2.45, 2.75) is 24.7 Å². The number of nitrogens with zero attached hydrogens (tertiary/aromatic N) is 2. The molecule has 0 bridgehead atoms. The summed E-state index contributed by atoms with van der Waals surface area (Å²) in [6.07, 6.45) is 4.62. The van der Waals surface area contributed by atoms with Crippen molar-refractivity contribution in [3.05, 3.63) is 41.0 Å². The summed E-state index contributed by atoms with van der Waals surface area (Å²) >= 11 is 6.29. The van der Waals surface area contributed by atoms with Crippen molar-refractivity contribution in [2.24, 2.45) is 0 Å². The van der Waals surface area contributed by atoms with Crippen molar-refractivity contribution in [3.8, 4) is 6.07 Å². The van der Waals surface area contributed by atoms with Crippen LogP contribution >= 0.6 is 11.6 Å². The molecule has 1 heterocycles. The summed E-state index contributed by atoms with van der Waals surface area (Å²) < 4.78 is 0. The number of hydrogen-bond donors (Lipinski definition) is 0. The molecule has 17 heavy (non-hydrogen) atoms. The van der Waals surface area contributed by atoms with Crippen LogP contribution in [0.2, 0.25) is 5.02 Å². The Morgan fingerprint density at radius 1 is 1.29 bits per heavy atom. The molecule has 0 unspecified atom stereocenters. The molecule has 2 nitrogen and oxygen atoms in total. The van der Waals surface area contributed by atoms with Crippen LogP contribution in [0.25, 0.3) is 10.9 Å². The molecule has 1 aromatic carbocycles. The van der Waals surface area contributed by atoms with Crippen molar-refractivity contribution in [3.63, 3.8) is 0 Å². The van der Waals surface area contributed by atoms with Gasteiger partial charge >= 0.3 is 0 Å². The van der Waals surface area contributed by atoms with E-state index in [4.69, 9.17) is 11.6 Å². The van der Waals surface area contributed by atoms with E-state index in [0.29, 0.717) is 5.02 Å². The third kappa shape index (κ3) is 1.43. The first-order valence-corrected chi connectivity index (χ1v) is 6.10. The van der Waals surface area contributed by atoms with Crippen LogP contribution in [0, 0.1) is 11.3 Å². The van der Waals surface area contributed by atoms with Crippen LogP contribution in [-0.2, 0) is 5.41 Å². The van der Waals surface area contributed by atoms with E-state index in [2.05, 4.69) is 11.1 Å². The van der Waals surface area contributed by atoms with E-state index in [1.165, 1.54) is 0 Å². The number of pyridine rings is 1. The van der Waals surface area contributed by atoms with Crippen molar-refractivity contribution in [1.82, 2.24) is 4.98 Å². The summed E-state index contributed by atoms with van der Waals surface area (Å²) in [6, 6.07) is 10.2. The van der Waals surface area contributed by atoms with Crippen LogP contribution in [0.4, 0.5) is 0 Å². The molecule has 1 saturated carbocycles. The number of rotatable bonds is 1. The van der Waals surface area contributed by atoms with E-state index in [-0.39, 0.29) is 0 Å². The first kappa shape index (κ1) is 10.6. The highest BCUT2D eigenvalue weighted by Gasteiger charge is 2.42. The van der Waals surface area contributed by atoms with Gasteiger partial charge in [0.1, 0.15) is 0 Å². The fourth-order valence-corrected chi connectivity index (χ4v) is 2.86. The first-order valence-electron chi connectivity index (χ1n) is 5.72. The number of hydrogen-bond acceptors (Lipinski definition) is 2. The van der Waals surface area contributed by atoms with Gasteiger partial charge in [-0.3, -0.25) is 4.98 Å². The maximum atomic E-state index is 9.44. The van der Waals surface area contributed by atoms with Crippen LogP contribution in [0.1, 0.15) is 24.8 Å². The Bertz CT molecular complexity index is 624. The van der Waals surface area contributed by atoms with E-state index >= 15 is 0 Å². The Balaban J connectivity index is 2.35. The van der Waals surface area contributed by atoms with Crippen molar-refractivity contribution >= 4 is 22.5 Å². The molecule has 3 heteroatoms. The lowest BCUT2D eigenvalue weighted by Gasteiger charge is -2.36. The molecule has 0 N–H and O–H groups in total. The van der Waals surface area contributed by atoms with Crippen LogP contribution < -0.4 is 0 Å². The third-order valence-corrected chi connectivity index (χ3v) is 3.94. The Kier molecular flexibility index (Phi) is 2.31. The van der Waals surface area contributed by atoms with Gasteiger partial charge in [0.25, 0.3) is 0 Å². The highest BCUT2D eigenvalue weighted by molar-refractivity contribution is 6.32. The van der Waals surface area contributed by atoms with Crippen LogP contribution in [0.15, 0.2) is 30.5 Å². The highest BCUT2D eigenvalue weighted by atomic mass is 35.5. The Labute approximate surface area is 105 Å². The molecule has 0 saturated heterocycles. The fraction of sp³-hybridized carbons (Fsp3) is 0.286. The lowest BCUT2D eigenvalue weighted by atomic mass is 9.65. The number of benzene rings is 1. The van der Waals surface area contributed by atoms with Crippen LogP contribution in [-0.4, -0.2) is 4.98 Å². The minimum Gasteiger partial charge on any atom is -0.256 e. The zero-order valence-corrected chi connectivity index (χ0v) is 10.0. The van der Waals surface area contributed by atoms with E-state index in [0.717, 1.165) is 35.7 Å². The molecule has 0 aliphatic heterocycles. The summed E-state index contributed by atoms with van der Waals surface area (Å²) in [7, 11) is 0. The molecular formula is C14H11ClN2. The van der Waals surface area contributed by atoms with E-state index < -0.39 is 5.41 Å². The van der Waals surface area contributed by atoms with Gasteiger partial charge in [-0.05, 0) is 31.4 Å². The zero-order chi connectivity index (χ0) is 11.9. The average molecular weight is 243 g/mol. The lowest BCUT2D eigenvalue weighted by Crippen LogP contribution is -2.33. The van der Waals surface area contributed by atoms with Gasteiger partial charge in [0.05, 0.1) is 17.0 Å². The van der Waals surface area contributed by atoms with E-state index in [9.17, 15) is 5.26 Å². The first-order chi connectivity index (χ1) is 8.27. The maximum absolute atomic E-state index is 9.44. The number of fused-ring (bicyclic) bond motifs is 1. The topological polar surface area (TPSA) is 36.7 Å². The van der Waals surface area contributed by atoms with Gasteiger partial charge in [0, 0.05) is 22.2 Å². The van der Waals surface area contributed by atoms with Gasteiger partial charge in [-0.25, -0.2) is 0 Å². The summed E-state index contributed by atoms with van der Waals surface area (Å²) in [4.78, 5) is 4.40. The molecule has 1 aliphatic carbocycles. The van der Waals surface area contributed by atoms with Crippen molar-refractivity contribution < 1.29 is 0 Å². The Hall–Kier alpha value is -1.59. The van der Waals surface area contributed by atoms with Gasteiger partial charge < -0.3 is 0 Å². The third-order valence-electron chi connectivity index (χ3n) is 3.62. The van der Waals surface area contributed by atoms with Crippen molar-refractivity contribution in [2.75, 3.05) is 0 Å². The van der Waals surface area contributed by atoms with Gasteiger partial charge in [-0.15, -0.1) is 0 Å². The molecule has 3 rings (SSSR count). The molecular weight excluding hydrogens is 232 g/mol. The zero-order valence-electron chi connectivity index (χ0n) is 9.28. The number of aromatic nitrogens is 1. The second kappa shape index (κ2) is 3.72. The lowest BCUT2D eigenvalue weighted by molar-refractivity contribution is 0.326.